The molecule has 2 heteroatoms. The van der Waals surface area contributed by atoms with Gasteiger partial charge >= 0.3 is 65.3 Å². The Morgan fingerprint density at radius 2 is 1.50 bits per heavy atom. The zero-order valence-electron chi connectivity index (χ0n) is 10.6. The van der Waals surface area contributed by atoms with Gasteiger partial charge in [0.05, 0.1) is 0 Å². The molecule has 0 unspecified atom stereocenters. The molecule has 0 aliphatic rings. The van der Waals surface area contributed by atoms with Crippen molar-refractivity contribution in [3.05, 3.63) is 5.41 Å². The zero-order valence-corrected chi connectivity index (χ0v) is 11.7. The van der Waals surface area contributed by atoms with Gasteiger partial charge in [0.2, 0.25) is 0 Å². The largest absolute Gasteiger partial charge is 0.814 e. The fraction of sp³-hybridized carbons (Fsp3) is 0.917. The van der Waals surface area contributed by atoms with Crippen LogP contribution in [0.2, 0.25) is 10.6 Å². The molecule has 0 atom stereocenters. The van der Waals surface area contributed by atoms with E-state index in [1.54, 1.807) is 0 Å². The van der Waals surface area contributed by atoms with Crippen LogP contribution >= 0.6 is 0 Å². The van der Waals surface area contributed by atoms with Crippen LogP contribution in [0.15, 0.2) is 0 Å². The summed E-state index contributed by atoms with van der Waals surface area (Å²) >= 11 is 0.755. The summed E-state index contributed by atoms with van der Waals surface area (Å²) in [7, 11) is 0. The number of hydrogen-bond donors (Lipinski definition) is 0. The van der Waals surface area contributed by atoms with Crippen molar-refractivity contribution >= 4 is 21.4 Å². The first-order valence-electron chi connectivity index (χ1n) is 5.82. The van der Waals surface area contributed by atoms with Crippen molar-refractivity contribution in [1.29, 1.82) is 0 Å². The van der Waals surface area contributed by atoms with E-state index in [1.165, 1.54) is 16.8 Å². The van der Waals surface area contributed by atoms with Gasteiger partial charge in [0.25, 0.3) is 0 Å². The smallest absolute Gasteiger partial charge is 0.0544 e. The van der Waals surface area contributed by atoms with E-state index in [2.05, 4.69) is 27.7 Å². The summed E-state index contributed by atoms with van der Waals surface area (Å²) in [5.74, 6) is 1.86. The first-order valence-corrected chi connectivity index (χ1v) is 7.45. The molecular weight excluding hydrogens is 185 g/mol. The summed E-state index contributed by atoms with van der Waals surface area (Å²) in [6, 6.07) is 0. The summed E-state index contributed by atoms with van der Waals surface area (Å²) in [6.45, 7) is 11.3. The Labute approximate surface area is 96.9 Å². The van der Waals surface area contributed by atoms with Crippen LogP contribution in [-0.4, -0.2) is 21.4 Å². The van der Waals surface area contributed by atoms with Gasteiger partial charge in [-0.15, -0.1) is 0 Å². The molecule has 0 radical (unpaired) electrons. The quantitative estimate of drug-likeness (QED) is 0.462. The van der Waals surface area contributed by atoms with Gasteiger partial charge in [0.15, 0.2) is 0 Å². The number of rotatable bonds is 6. The summed E-state index contributed by atoms with van der Waals surface area (Å²) < 4.78 is 0. The third-order valence-corrected chi connectivity index (χ3v) is 4.25. The number of nitrogens with zero attached hydrogens (tertiary/aromatic N) is 1. The van der Waals surface area contributed by atoms with Crippen molar-refractivity contribution in [3.63, 3.8) is 0 Å². The Morgan fingerprint density at radius 1 is 1.07 bits per heavy atom. The van der Waals surface area contributed by atoms with Crippen molar-refractivity contribution in [1.82, 2.24) is 0 Å². The van der Waals surface area contributed by atoms with E-state index in [-0.39, 0.29) is 0 Å². The van der Waals surface area contributed by atoms with E-state index >= 15 is 0 Å². The predicted octanol–water partition coefficient (Wildman–Crippen LogP) is 4.27. The van der Waals surface area contributed by atoms with Crippen LogP contribution in [-0.2, 0) is 0 Å². The molecule has 0 saturated heterocycles. The zero-order chi connectivity index (χ0) is 11.4. The van der Waals surface area contributed by atoms with Crippen LogP contribution in [0.4, 0.5) is 0 Å². The maximum atomic E-state index is 7.94. The molecule has 0 fully saturated rings. The van der Waals surface area contributed by atoms with Gasteiger partial charge in [-0.3, -0.25) is 0 Å². The maximum absolute atomic E-state index is 7.94. The Bertz CT molecular complexity index is 103. The standard InChI is InChI=1S/C4H8N.2C4H9.Al/c1-2-3-4-5;2*1-4(2)3;/h4H,2-3H2,1H3;2*4H,1H2,2-3H3;/q-1;;;+1. The predicted molar refractivity (Wildman–Crippen MR) is 69.4 cm³/mol. The fourth-order valence-corrected chi connectivity index (χ4v) is 2.42. The molecule has 0 spiro atoms. The minimum atomic E-state index is 0.755. The van der Waals surface area contributed by atoms with Crippen LogP contribution in [0.5, 0.6) is 0 Å². The first kappa shape index (κ1) is 16.6. The van der Waals surface area contributed by atoms with Crippen molar-refractivity contribution in [2.75, 3.05) is 0 Å². The average molecular weight is 211 g/mol. The number of unbranched alkanes of at least 4 members (excludes halogenated alkanes) is 1. The second-order valence-corrected chi connectivity index (χ2v) is 6.04. The van der Waals surface area contributed by atoms with Crippen molar-refractivity contribution < 1.29 is 0 Å². The Balaban J connectivity index is 0. The Hall–Kier alpha value is 0.202. The molecule has 0 amide bonds. The third-order valence-electron chi connectivity index (χ3n) is 1.69. The minimum Gasteiger partial charge on any atom is -0.814 e. The molecule has 0 aromatic carbocycles. The molecule has 14 heavy (non-hydrogen) atoms. The van der Waals surface area contributed by atoms with Gasteiger partial charge in [-0.05, 0) is 0 Å². The molecule has 0 saturated carbocycles. The Kier molecular flexibility index (Phi) is 15.7. The third kappa shape index (κ3) is 22.8. The molecule has 1 nitrogen and oxygen atoms in total. The normalized spacial score (nSPS) is 9.36. The van der Waals surface area contributed by atoms with Crippen LogP contribution in [0.3, 0.4) is 0 Å². The van der Waals surface area contributed by atoms with Crippen molar-refractivity contribution in [2.45, 2.75) is 58.0 Å². The summed E-state index contributed by atoms with van der Waals surface area (Å²) in [5.41, 5.74) is 0. The van der Waals surface area contributed by atoms with E-state index < -0.39 is 0 Å². The summed E-state index contributed by atoms with van der Waals surface area (Å²) in [6.07, 6.45) is 3.04. The summed E-state index contributed by atoms with van der Waals surface area (Å²) in [5, 5.41) is 10.9. The minimum absolute atomic E-state index is 0.755. The monoisotopic (exact) mass is 211 g/mol. The molecule has 0 heterocycles. The summed E-state index contributed by atoms with van der Waals surface area (Å²) in [4.78, 5) is 0. The van der Waals surface area contributed by atoms with E-state index in [0.29, 0.717) is 0 Å². The molecule has 0 bridgehead atoms. The van der Waals surface area contributed by atoms with Gasteiger partial charge in [-0.25, -0.2) is 6.21 Å². The van der Waals surface area contributed by atoms with Gasteiger partial charge in [0, 0.05) is 0 Å². The average Bonchev–Trinajstić information content (AvgIpc) is 2.05. The molecule has 0 aliphatic carbocycles. The van der Waals surface area contributed by atoms with Gasteiger partial charge in [0.1, 0.15) is 0 Å². The van der Waals surface area contributed by atoms with Crippen molar-refractivity contribution in [3.8, 4) is 0 Å². The SMILES string of the molecule is CC(C)[CH2][Al+][CH2]C(C)C.CCCC=[N-]. The van der Waals surface area contributed by atoms with E-state index in [1.807, 2.05) is 6.92 Å². The van der Waals surface area contributed by atoms with Gasteiger partial charge in [-0.1, -0.05) is 19.8 Å². The number of hydrogen-bond acceptors (Lipinski definition) is 0. The molecule has 0 aromatic rings. The second-order valence-electron chi connectivity index (χ2n) is 4.52. The van der Waals surface area contributed by atoms with E-state index in [9.17, 15) is 0 Å². The molecule has 82 valence electrons. The molecule has 0 rings (SSSR count). The molecule has 0 aliphatic heterocycles. The molecule has 0 N–H and O–H groups in total. The molecule has 0 aromatic heterocycles. The van der Waals surface area contributed by atoms with E-state index in [0.717, 1.165) is 39.9 Å². The van der Waals surface area contributed by atoms with Crippen LogP contribution in [0.1, 0.15) is 47.5 Å². The van der Waals surface area contributed by atoms with Gasteiger partial charge in [-0.2, -0.15) is 0 Å². The molecular formula is C12H26AlN. The van der Waals surface area contributed by atoms with Gasteiger partial charge < -0.3 is 5.41 Å². The fourth-order valence-electron chi connectivity index (χ4n) is 0.892. The van der Waals surface area contributed by atoms with Crippen LogP contribution < -0.4 is 0 Å². The van der Waals surface area contributed by atoms with E-state index in [4.69, 9.17) is 5.41 Å². The first-order chi connectivity index (χ1) is 6.54. The van der Waals surface area contributed by atoms with Crippen molar-refractivity contribution in [2.24, 2.45) is 11.8 Å². The van der Waals surface area contributed by atoms with Crippen LogP contribution in [0.25, 0.3) is 5.41 Å². The Morgan fingerprint density at radius 3 is 1.64 bits per heavy atom. The van der Waals surface area contributed by atoms with Crippen LogP contribution in [0, 0.1) is 11.8 Å². The topological polar surface area (TPSA) is 22.3 Å². The second kappa shape index (κ2) is 13.2. The maximum Gasteiger partial charge on any atom is -0.0544 e.